The van der Waals surface area contributed by atoms with Gasteiger partial charge in [0.25, 0.3) is 0 Å². The van der Waals surface area contributed by atoms with Gasteiger partial charge >= 0.3 is 0 Å². The zero-order valence-corrected chi connectivity index (χ0v) is 12.1. The molecule has 0 unspecified atom stereocenters. The lowest BCUT2D eigenvalue weighted by atomic mass is 11.9. The van der Waals surface area contributed by atoms with E-state index >= 15 is 0 Å². The molecule has 0 atom stereocenters. The van der Waals surface area contributed by atoms with Crippen molar-refractivity contribution in [3.05, 3.63) is 0 Å². The fourth-order valence-electron chi connectivity index (χ4n) is 0. The van der Waals surface area contributed by atoms with Crippen molar-refractivity contribution in [2.75, 3.05) is 37.5 Å². The molecule has 0 aromatic rings. The first-order valence-corrected chi connectivity index (χ1v) is 10.3. The van der Waals surface area contributed by atoms with Crippen LogP contribution in [0.5, 0.6) is 0 Å². The number of rotatable bonds is 0. The Morgan fingerprint density at radius 2 is 0.412 bits per heavy atom. The van der Waals surface area contributed by atoms with E-state index in [1.165, 1.54) is 0 Å². The largest absolute Gasteiger partial charge is 0.229 e. The molecule has 0 amide bonds. The van der Waals surface area contributed by atoms with E-state index in [1.54, 1.807) is 0 Å². The van der Waals surface area contributed by atoms with Crippen LogP contribution < -0.4 is 0 Å². The lowest BCUT2D eigenvalue weighted by Gasteiger charge is -1.69. The Morgan fingerprint density at radius 3 is 0.412 bits per heavy atom. The fraction of sp³-hybridized carbons (Fsp3) is 1.00. The molecule has 17 heavy (non-hydrogen) atoms. The molecular formula is C8H26O6S3. The van der Waals surface area contributed by atoms with Crippen LogP contribution in [0.4, 0.5) is 0 Å². The molecule has 9 heteroatoms. The molecule has 0 aromatic carbocycles. The first-order valence-electron chi connectivity index (χ1n) is 3.45. The van der Waals surface area contributed by atoms with Gasteiger partial charge in [0.05, 0.1) is 0 Å². The van der Waals surface area contributed by atoms with E-state index in [0.29, 0.717) is 0 Å². The van der Waals surface area contributed by atoms with Crippen molar-refractivity contribution in [3.63, 3.8) is 0 Å². The first kappa shape index (κ1) is 30.1. The van der Waals surface area contributed by atoms with Gasteiger partial charge < -0.3 is 0 Å². The van der Waals surface area contributed by atoms with E-state index in [0.717, 1.165) is 37.5 Å². The molecule has 0 aliphatic rings. The summed E-state index contributed by atoms with van der Waals surface area (Å²) in [7, 11) is -8.00. The Hall–Kier alpha value is -0.150. The highest BCUT2D eigenvalue weighted by molar-refractivity contribution is 7.90. The third-order valence-corrected chi connectivity index (χ3v) is 0. The standard InChI is InChI=1S/3C2H6O2S.2CH4/c3*1-5(2,3)4;;/h3*1-2H3;2*1H4. The predicted molar refractivity (Wildman–Crippen MR) is 75.8 cm³/mol. The molecule has 0 rings (SSSR count). The molecule has 0 aromatic heterocycles. The average Bonchev–Trinajstić information content (AvgIpc) is 1.41. The summed E-state index contributed by atoms with van der Waals surface area (Å²) >= 11 is 0. The first-order chi connectivity index (χ1) is 6.00. The summed E-state index contributed by atoms with van der Waals surface area (Å²) in [6.07, 6.45) is 6.96. The van der Waals surface area contributed by atoms with Crippen LogP contribution in [-0.4, -0.2) is 62.8 Å². The maximum Gasteiger partial charge on any atom is 0.144 e. The SMILES string of the molecule is C.C.CS(C)(=O)=O.CS(C)(=O)=O.CS(C)(=O)=O. The molecule has 0 aliphatic heterocycles. The van der Waals surface area contributed by atoms with E-state index in [-0.39, 0.29) is 14.9 Å². The minimum Gasteiger partial charge on any atom is -0.229 e. The topological polar surface area (TPSA) is 102 Å². The number of hydrogen-bond acceptors (Lipinski definition) is 6. The van der Waals surface area contributed by atoms with Crippen molar-refractivity contribution < 1.29 is 25.3 Å². The Bertz CT molecular complexity index is 346. The van der Waals surface area contributed by atoms with Crippen LogP contribution in [0.25, 0.3) is 0 Å². The molecule has 0 saturated heterocycles. The van der Waals surface area contributed by atoms with Gasteiger partial charge in [-0.2, -0.15) is 0 Å². The van der Waals surface area contributed by atoms with Crippen LogP contribution in [0.15, 0.2) is 0 Å². The second-order valence-electron chi connectivity index (χ2n) is 3.43. The highest BCUT2D eigenvalue weighted by atomic mass is 32.2. The van der Waals surface area contributed by atoms with Crippen molar-refractivity contribution >= 4 is 29.5 Å². The molecule has 0 fully saturated rings. The summed E-state index contributed by atoms with van der Waals surface area (Å²) in [5, 5.41) is 0. The Morgan fingerprint density at radius 1 is 0.412 bits per heavy atom. The van der Waals surface area contributed by atoms with Gasteiger partial charge in [-0.05, 0) is 0 Å². The lowest BCUT2D eigenvalue weighted by Crippen LogP contribution is -1.86. The third-order valence-electron chi connectivity index (χ3n) is 0. The van der Waals surface area contributed by atoms with Gasteiger partial charge in [0.1, 0.15) is 29.5 Å². The molecule has 0 aliphatic carbocycles. The molecular weight excluding hydrogens is 288 g/mol. The van der Waals surface area contributed by atoms with Crippen molar-refractivity contribution in [3.8, 4) is 0 Å². The van der Waals surface area contributed by atoms with Crippen LogP contribution in [0.2, 0.25) is 0 Å². The van der Waals surface area contributed by atoms with Gasteiger partial charge in [-0.15, -0.1) is 0 Å². The van der Waals surface area contributed by atoms with Gasteiger partial charge in [-0.3, -0.25) is 0 Å². The van der Waals surface area contributed by atoms with Crippen LogP contribution >= 0.6 is 0 Å². The average molecular weight is 314 g/mol. The summed E-state index contributed by atoms with van der Waals surface area (Å²) in [5.41, 5.74) is 0. The zero-order valence-electron chi connectivity index (χ0n) is 9.67. The highest BCUT2D eigenvalue weighted by Crippen LogP contribution is 1.62. The van der Waals surface area contributed by atoms with Gasteiger partial charge in [0, 0.05) is 37.5 Å². The number of hydrogen-bond donors (Lipinski definition) is 0. The Labute approximate surface area is 107 Å². The van der Waals surface area contributed by atoms with Crippen molar-refractivity contribution in [2.45, 2.75) is 14.9 Å². The molecule has 6 nitrogen and oxygen atoms in total. The van der Waals surface area contributed by atoms with Crippen LogP contribution in [0.1, 0.15) is 14.9 Å². The monoisotopic (exact) mass is 314 g/mol. The van der Waals surface area contributed by atoms with Gasteiger partial charge in [0.2, 0.25) is 0 Å². The molecule has 0 N–H and O–H groups in total. The Kier molecular flexibility index (Phi) is 19.5. The summed E-state index contributed by atoms with van der Waals surface area (Å²) in [6, 6.07) is 0. The van der Waals surface area contributed by atoms with E-state index in [9.17, 15) is 25.3 Å². The van der Waals surface area contributed by atoms with Crippen LogP contribution in [0.3, 0.4) is 0 Å². The minimum atomic E-state index is -2.67. The summed E-state index contributed by atoms with van der Waals surface area (Å²) in [5.74, 6) is 0. The molecule has 0 spiro atoms. The van der Waals surface area contributed by atoms with Crippen LogP contribution in [0, 0.1) is 0 Å². The highest BCUT2D eigenvalue weighted by Gasteiger charge is 1.80. The molecule has 0 bridgehead atoms. The number of sulfone groups is 3. The van der Waals surface area contributed by atoms with Gasteiger partial charge in [-0.25, -0.2) is 25.3 Å². The lowest BCUT2D eigenvalue weighted by molar-refractivity contribution is 0.605. The van der Waals surface area contributed by atoms with Crippen molar-refractivity contribution in [1.82, 2.24) is 0 Å². The Balaban J connectivity index is -0.0000000400. The minimum absolute atomic E-state index is 0. The smallest absolute Gasteiger partial charge is 0.144 e. The second kappa shape index (κ2) is 11.0. The summed E-state index contributed by atoms with van der Waals surface area (Å²) in [6.45, 7) is 0. The molecule has 112 valence electrons. The normalized spacial score (nSPS) is 10.2. The van der Waals surface area contributed by atoms with E-state index in [2.05, 4.69) is 0 Å². The van der Waals surface area contributed by atoms with E-state index < -0.39 is 29.5 Å². The second-order valence-corrected chi connectivity index (χ2v) is 10.3. The molecule has 0 heterocycles. The maximum atomic E-state index is 9.63. The van der Waals surface area contributed by atoms with Crippen molar-refractivity contribution in [2.24, 2.45) is 0 Å². The molecule has 0 saturated carbocycles. The van der Waals surface area contributed by atoms with Gasteiger partial charge in [0.15, 0.2) is 0 Å². The maximum absolute atomic E-state index is 9.63. The van der Waals surface area contributed by atoms with E-state index in [1.807, 2.05) is 0 Å². The third kappa shape index (κ3) is 135000. The summed E-state index contributed by atoms with van der Waals surface area (Å²) in [4.78, 5) is 0. The molecule has 0 radical (unpaired) electrons. The van der Waals surface area contributed by atoms with Gasteiger partial charge in [-0.1, -0.05) is 14.9 Å². The predicted octanol–water partition coefficient (Wildman–Crippen LogP) is 0.255. The van der Waals surface area contributed by atoms with E-state index in [4.69, 9.17) is 0 Å². The summed E-state index contributed by atoms with van der Waals surface area (Å²) < 4.78 is 57.8. The quantitative estimate of drug-likeness (QED) is 0.635. The fourth-order valence-corrected chi connectivity index (χ4v) is 0. The zero-order chi connectivity index (χ0) is 13.5. The van der Waals surface area contributed by atoms with Crippen LogP contribution in [-0.2, 0) is 29.5 Å². The van der Waals surface area contributed by atoms with Crippen molar-refractivity contribution in [1.29, 1.82) is 0 Å².